The Morgan fingerprint density at radius 2 is 2.05 bits per heavy atom. The molecule has 0 fully saturated rings. The minimum atomic E-state index is 0.366. The summed E-state index contributed by atoms with van der Waals surface area (Å²) in [5.41, 5.74) is 2.80. The molecule has 5 heteroatoms. The molecule has 1 aromatic heterocycles. The summed E-state index contributed by atoms with van der Waals surface area (Å²) in [6.45, 7) is 6.10. The van der Waals surface area contributed by atoms with Gasteiger partial charge in [0.25, 0.3) is 0 Å². The molecule has 0 amide bonds. The summed E-state index contributed by atoms with van der Waals surface area (Å²) in [6.07, 6.45) is 2.69. The van der Waals surface area contributed by atoms with Gasteiger partial charge in [0.15, 0.2) is 0 Å². The lowest BCUT2D eigenvalue weighted by atomic mass is 10.00. The topological polar surface area (TPSA) is 41.0 Å². The summed E-state index contributed by atoms with van der Waals surface area (Å²) in [6, 6.07) is 8.93. The zero-order chi connectivity index (χ0) is 14.8. The van der Waals surface area contributed by atoms with Crippen LogP contribution in [0.5, 0.6) is 0 Å². The standard InChI is InChI=1S/C16H19BrN4/c1-11(2)20-15-8-16(19-10-18-15)21-6-5-12-3-4-14(17)7-13(12)9-21/h3-4,7-8,10-11H,5-6,9H2,1-2H3,(H,18,19,20). The van der Waals surface area contributed by atoms with E-state index in [4.69, 9.17) is 0 Å². The third-order valence-electron chi connectivity index (χ3n) is 3.59. The molecule has 110 valence electrons. The average Bonchev–Trinajstić information content (AvgIpc) is 2.46. The summed E-state index contributed by atoms with van der Waals surface area (Å²) < 4.78 is 1.13. The normalized spacial score (nSPS) is 14.2. The van der Waals surface area contributed by atoms with Crippen LogP contribution in [0, 0.1) is 0 Å². The smallest absolute Gasteiger partial charge is 0.134 e. The van der Waals surface area contributed by atoms with Crippen LogP contribution in [0.15, 0.2) is 35.1 Å². The van der Waals surface area contributed by atoms with E-state index in [2.05, 4.69) is 68.2 Å². The highest BCUT2D eigenvalue weighted by Crippen LogP contribution is 2.26. The molecule has 0 spiro atoms. The van der Waals surface area contributed by atoms with E-state index >= 15 is 0 Å². The van der Waals surface area contributed by atoms with E-state index in [0.717, 1.165) is 35.6 Å². The third-order valence-corrected chi connectivity index (χ3v) is 4.09. The van der Waals surface area contributed by atoms with E-state index < -0.39 is 0 Å². The predicted octanol–water partition coefficient (Wildman–Crippen LogP) is 3.62. The van der Waals surface area contributed by atoms with Crippen LogP contribution in [0.25, 0.3) is 0 Å². The Bertz CT molecular complexity index is 642. The molecule has 0 unspecified atom stereocenters. The van der Waals surface area contributed by atoms with E-state index in [1.165, 1.54) is 11.1 Å². The molecule has 0 bridgehead atoms. The number of fused-ring (bicyclic) bond motifs is 1. The highest BCUT2D eigenvalue weighted by atomic mass is 79.9. The van der Waals surface area contributed by atoms with Crippen LogP contribution >= 0.6 is 15.9 Å². The zero-order valence-corrected chi connectivity index (χ0v) is 13.9. The van der Waals surface area contributed by atoms with Gasteiger partial charge in [-0.3, -0.25) is 0 Å². The zero-order valence-electron chi connectivity index (χ0n) is 12.3. The highest BCUT2D eigenvalue weighted by Gasteiger charge is 2.18. The fourth-order valence-electron chi connectivity index (χ4n) is 2.62. The van der Waals surface area contributed by atoms with Crippen molar-refractivity contribution in [3.05, 3.63) is 46.2 Å². The lowest BCUT2D eigenvalue weighted by molar-refractivity contribution is 0.718. The van der Waals surface area contributed by atoms with Gasteiger partial charge in [-0.2, -0.15) is 0 Å². The molecular formula is C16H19BrN4. The molecule has 0 radical (unpaired) electrons. The molecule has 4 nitrogen and oxygen atoms in total. The van der Waals surface area contributed by atoms with E-state index in [0.29, 0.717) is 6.04 Å². The van der Waals surface area contributed by atoms with Gasteiger partial charge in [-0.15, -0.1) is 0 Å². The molecule has 0 saturated heterocycles. The SMILES string of the molecule is CC(C)Nc1cc(N2CCc3ccc(Br)cc3C2)ncn1. The summed E-state index contributed by atoms with van der Waals surface area (Å²) in [5.74, 6) is 1.87. The van der Waals surface area contributed by atoms with E-state index in [1.54, 1.807) is 6.33 Å². The van der Waals surface area contributed by atoms with Crippen molar-refractivity contribution in [1.29, 1.82) is 0 Å². The molecule has 3 rings (SSSR count). The molecule has 1 aliphatic heterocycles. The summed E-state index contributed by atoms with van der Waals surface area (Å²) >= 11 is 3.55. The van der Waals surface area contributed by atoms with Crippen molar-refractivity contribution in [2.45, 2.75) is 32.9 Å². The van der Waals surface area contributed by atoms with Gasteiger partial charge in [0.2, 0.25) is 0 Å². The monoisotopic (exact) mass is 346 g/mol. The second kappa shape index (κ2) is 6.02. The molecular weight excluding hydrogens is 328 g/mol. The first-order valence-electron chi connectivity index (χ1n) is 7.22. The Morgan fingerprint density at radius 3 is 2.86 bits per heavy atom. The first-order valence-corrected chi connectivity index (χ1v) is 8.02. The molecule has 0 saturated carbocycles. The van der Waals surface area contributed by atoms with E-state index in [9.17, 15) is 0 Å². The molecule has 1 aliphatic rings. The number of hydrogen-bond donors (Lipinski definition) is 1. The molecule has 2 heterocycles. The highest BCUT2D eigenvalue weighted by molar-refractivity contribution is 9.10. The quantitative estimate of drug-likeness (QED) is 0.921. The minimum Gasteiger partial charge on any atom is -0.368 e. The van der Waals surface area contributed by atoms with Gasteiger partial charge in [-0.25, -0.2) is 9.97 Å². The van der Waals surface area contributed by atoms with Crippen LogP contribution in [0.2, 0.25) is 0 Å². The molecule has 0 aliphatic carbocycles. The lowest BCUT2D eigenvalue weighted by Crippen LogP contribution is -2.31. The van der Waals surface area contributed by atoms with E-state index in [1.807, 2.05) is 6.07 Å². The van der Waals surface area contributed by atoms with Crippen molar-refractivity contribution in [3.63, 3.8) is 0 Å². The second-order valence-corrected chi connectivity index (χ2v) is 6.56. The number of hydrogen-bond acceptors (Lipinski definition) is 4. The fourth-order valence-corrected chi connectivity index (χ4v) is 3.02. The van der Waals surface area contributed by atoms with Crippen LogP contribution in [-0.4, -0.2) is 22.6 Å². The maximum atomic E-state index is 4.43. The fraction of sp³-hybridized carbons (Fsp3) is 0.375. The maximum Gasteiger partial charge on any atom is 0.134 e. The largest absolute Gasteiger partial charge is 0.368 e. The Balaban J connectivity index is 1.82. The van der Waals surface area contributed by atoms with Crippen molar-refractivity contribution in [3.8, 4) is 0 Å². The van der Waals surface area contributed by atoms with Gasteiger partial charge in [0, 0.05) is 29.7 Å². The first-order chi connectivity index (χ1) is 10.1. The number of aromatic nitrogens is 2. The third kappa shape index (κ3) is 3.35. The van der Waals surface area contributed by atoms with Crippen molar-refractivity contribution in [1.82, 2.24) is 9.97 Å². The number of rotatable bonds is 3. The predicted molar refractivity (Wildman–Crippen MR) is 89.7 cm³/mol. The Morgan fingerprint density at radius 1 is 1.19 bits per heavy atom. The lowest BCUT2D eigenvalue weighted by Gasteiger charge is -2.30. The van der Waals surface area contributed by atoms with Crippen LogP contribution in [0.4, 0.5) is 11.6 Å². The van der Waals surface area contributed by atoms with Gasteiger partial charge < -0.3 is 10.2 Å². The van der Waals surface area contributed by atoms with Gasteiger partial charge >= 0.3 is 0 Å². The van der Waals surface area contributed by atoms with Crippen molar-refractivity contribution >= 4 is 27.6 Å². The summed E-state index contributed by atoms with van der Waals surface area (Å²) in [5, 5.41) is 3.33. The number of anilines is 2. The first kappa shape index (κ1) is 14.3. The van der Waals surface area contributed by atoms with Crippen molar-refractivity contribution in [2.75, 3.05) is 16.8 Å². The number of benzene rings is 1. The minimum absolute atomic E-state index is 0.366. The Kier molecular flexibility index (Phi) is 4.10. The van der Waals surface area contributed by atoms with Gasteiger partial charge in [0.1, 0.15) is 18.0 Å². The van der Waals surface area contributed by atoms with Gasteiger partial charge in [0.05, 0.1) is 0 Å². The molecule has 2 aromatic rings. The van der Waals surface area contributed by atoms with Crippen molar-refractivity contribution < 1.29 is 0 Å². The number of nitrogens with one attached hydrogen (secondary N) is 1. The van der Waals surface area contributed by atoms with Crippen LogP contribution in [-0.2, 0) is 13.0 Å². The molecule has 0 atom stereocenters. The van der Waals surface area contributed by atoms with Crippen molar-refractivity contribution in [2.24, 2.45) is 0 Å². The molecule has 21 heavy (non-hydrogen) atoms. The Hall–Kier alpha value is -1.62. The summed E-state index contributed by atoms with van der Waals surface area (Å²) in [4.78, 5) is 11.0. The average molecular weight is 347 g/mol. The van der Waals surface area contributed by atoms with Gasteiger partial charge in [-0.05, 0) is 43.5 Å². The van der Waals surface area contributed by atoms with E-state index in [-0.39, 0.29) is 0 Å². The molecule has 1 aromatic carbocycles. The Labute approximate surface area is 133 Å². The van der Waals surface area contributed by atoms with Crippen LogP contribution < -0.4 is 10.2 Å². The number of halogens is 1. The molecule has 1 N–H and O–H groups in total. The summed E-state index contributed by atoms with van der Waals surface area (Å²) in [7, 11) is 0. The van der Waals surface area contributed by atoms with Crippen LogP contribution in [0.1, 0.15) is 25.0 Å². The second-order valence-electron chi connectivity index (χ2n) is 5.65. The van der Waals surface area contributed by atoms with Crippen LogP contribution in [0.3, 0.4) is 0 Å². The number of nitrogens with zero attached hydrogens (tertiary/aromatic N) is 3. The maximum absolute atomic E-state index is 4.43. The van der Waals surface area contributed by atoms with Gasteiger partial charge in [-0.1, -0.05) is 22.0 Å².